The number of nitrogens with zero attached hydrogens (tertiary/aromatic N) is 1. The van der Waals surface area contributed by atoms with E-state index in [0.29, 0.717) is 34.6 Å². The Balaban J connectivity index is 1.37. The van der Waals surface area contributed by atoms with Crippen molar-refractivity contribution in [3.8, 4) is 17.2 Å². The van der Waals surface area contributed by atoms with Gasteiger partial charge in [-0.25, -0.2) is 0 Å². The molecule has 2 amide bonds. The number of ether oxygens (including phenoxy) is 3. The van der Waals surface area contributed by atoms with Crippen LogP contribution in [0.25, 0.3) is 0 Å². The molecule has 2 unspecified atom stereocenters. The zero-order chi connectivity index (χ0) is 29.6. The first kappa shape index (κ1) is 29.5. The summed E-state index contributed by atoms with van der Waals surface area (Å²) in [6, 6.07) is 7.15. The van der Waals surface area contributed by atoms with Crippen molar-refractivity contribution in [2.75, 3.05) is 13.2 Å². The molecule has 2 aliphatic heterocycles. The Kier molecular flexibility index (Phi) is 7.95. The number of carbonyl (C=O) groups excluding carboxylic acids is 4. The van der Waals surface area contributed by atoms with Crippen molar-refractivity contribution >= 4 is 34.7 Å². The number of hydrogen-bond donors (Lipinski definition) is 1. The van der Waals surface area contributed by atoms with Crippen LogP contribution in [0.3, 0.4) is 0 Å². The monoisotopic (exact) mass is 569 g/mol. The van der Waals surface area contributed by atoms with Gasteiger partial charge in [-0.3, -0.25) is 24.1 Å². The third kappa shape index (κ3) is 6.11. The van der Waals surface area contributed by atoms with E-state index in [1.165, 1.54) is 0 Å². The van der Waals surface area contributed by atoms with Gasteiger partial charge in [0.05, 0.1) is 17.2 Å². The summed E-state index contributed by atoms with van der Waals surface area (Å²) in [4.78, 5) is 51.2. The maximum absolute atomic E-state index is 13.0. The summed E-state index contributed by atoms with van der Waals surface area (Å²) in [5, 5.41) is 9.28. The van der Waals surface area contributed by atoms with E-state index >= 15 is 0 Å². The van der Waals surface area contributed by atoms with Crippen molar-refractivity contribution in [2.45, 2.75) is 77.8 Å². The number of thioether (sulfide) groups is 1. The van der Waals surface area contributed by atoms with E-state index in [1.54, 1.807) is 46.8 Å². The zero-order valence-corrected chi connectivity index (χ0v) is 24.7. The molecule has 0 aromatic heterocycles. The second-order valence-electron chi connectivity index (χ2n) is 11.6. The van der Waals surface area contributed by atoms with E-state index in [1.807, 2.05) is 26.0 Å². The number of rotatable bonds is 7. The van der Waals surface area contributed by atoms with Gasteiger partial charge in [-0.15, -0.1) is 0 Å². The topological polar surface area (TPSA) is 119 Å². The lowest BCUT2D eigenvalue weighted by Crippen LogP contribution is -2.44. The first-order valence-electron chi connectivity index (χ1n) is 13.1. The zero-order valence-electron chi connectivity index (χ0n) is 23.9. The van der Waals surface area contributed by atoms with Crippen molar-refractivity contribution < 1.29 is 38.5 Å². The lowest BCUT2D eigenvalue weighted by atomic mass is 9.86. The van der Waals surface area contributed by atoms with E-state index in [2.05, 4.69) is 0 Å². The molecular weight excluding hydrogens is 534 g/mol. The average molecular weight is 570 g/mol. The molecule has 0 spiro atoms. The van der Waals surface area contributed by atoms with Gasteiger partial charge in [0, 0.05) is 5.56 Å². The van der Waals surface area contributed by atoms with Crippen LogP contribution in [0, 0.1) is 20.8 Å². The maximum atomic E-state index is 13.0. The highest BCUT2D eigenvalue weighted by molar-refractivity contribution is 8.15. The van der Waals surface area contributed by atoms with E-state index in [9.17, 15) is 24.3 Å². The highest BCUT2D eigenvalue weighted by atomic mass is 32.2. The van der Waals surface area contributed by atoms with Gasteiger partial charge >= 0.3 is 5.97 Å². The predicted molar refractivity (Wildman–Crippen MR) is 150 cm³/mol. The van der Waals surface area contributed by atoms with Crippen LogP contribution in [-0.2, 0) is 20.7 Å². The molecule has 2 aromatic carbocycles. The molecule has 1 fully saturated rings. The summed E-state index contributed by atoms with van der Waals surface area (Å²) >= 11 is 0.902. The molecule has 40 heavy (non-hydrogen) atoms. The minimum Gasteiger partial charge on any atom is -0.507 e. The summed E-state index contributed by atoms with van der Waals surface area (Å²) in [7, 11) is 0. The number of fused-ring (bicyclic) bond motifs is 1. The number of hydrogen-bond acceptors (Lipinski definition) is 9. The predicted octanol–water partition coefficient (Wildman–Crippen LogP) is 5.07. The van der Waals surface area contributed by atoms with Gasteiger partial charge in [-0.2, -0.15) is 0 Å². The van der Waals surface area contributed by atoms with Crippen LogP contribution in [0.2, 0.25) is 0 Å². The minimum absolute atomic E-state index is 0.104. The van der Waals surface area contributed by atoms with Crippen LogP contribution < -0.4 is 9.47 Å². The van der Waals surface area contributed by atoms with E-state index in [4.69, 9.17) is 14.2 Å². The third-order valence-corrected chi connectivity index (χ3v) is 8.05. The molecule has 2 atom stereocenters. The number of phenols is 1. The Bertz CT molecular complexity index is 1380. The number of ketones is 1. The molecule has 4 rings (SSSR count). The second-order valence-corrected chi connectivity index (χ2v) is 12.8. The van der Waals surface area contributed by atoms with Crippen LogP contribution in [0.4, 0.5) is 4.79 Å². The van der Waals surface area contributed by atoms with Gasteiger partial charge in [0.2, 0.25) is 5.91 Å². The number of benzene rings is 2. The summed E-state index contributed by atoms with van der Waals surface area (Å²) in [6.07, 6.45) is 0.424. The number of amides is 2. The van der Waals surface area contributed by atoms with Crippen LogP contribution in [-0.4, -0.2) is 62.5 Å². The summed E-state index contributed by atoms with van der Waals surface area (Å²) in [6.45, 7) is 12.0. The van der Waals surface area contributed by atoms with Crippen molar-refractivity contribution in [2.24, 2.45) is 0 Å². The molecule has 0 radical (unpaired) electrons. The van der Waals surface area contributed by atoms with E-state index < -0.39 is 40.1 Å². The van der Waals surface area contributed by atoms with E-state index in [-0.39, 0.29) is 24.6 Å². The van der Waals surface area contributed by atoms with Crippen LogP contribution in [0.15, 0.2) is 24.3 Å². The first-order chi connectivity index (χ1) is 18.6. The lowest BCUT2D eigenvalue weighted by Gasteiger charge is -2.36. The number of Topliss-reactive ketones (excluding diaryl/α,β-unsaturated/α-hetero) is 1. The summed E-state index contributed by atoms with van der Waals surface area (Å²) in [5.41, 5.74) is 1.58. The molecule has 1 saturated heterocycles. The molecule has 214 valence electrons. The second kappa shape index (κ2) is 10.8. The van der Waals surface area contributed by atoms with Gasteiger partial charge in [-0.05, 0) is 83.7 Å². The molecule has 0 saturated carbocycles. The highest BCUT2D eigenvalue weighted by Gasteiger charge is 2.42. The van der Waals surface area contributed by atoms with Gasteiger partial charge < -0.3 is 19.3 Å². The van der Waals surface area contributed by atoms with Gasteiger partial charge in [0.1, 0.15) is 41.6 Å². The Morgan fingerprint density at radius 2 is 1.75 bits per heavy atom. The highest BCUT2D eigenvalue weighted by Crippen LogP contribution is 2.43. The Morgan fingerprint density at radius 1 is 1.10 bits per heavy atom. The smallest absolute Gasteiger partial charge is 0.326 e. The molecule has 2 heterocycles. The molecule has 10 heteroatoms. The Labute approximate surface area is 238 Å². The molecule has 9 nitrogen and oxygen atoms in total. The number of imide groups is 1. The van der Waals surface area contributed by atoms with Crippen molar-refractivity contribution in [1.29, 1.82) is 0 Å². The third-order valence-electron chi connectivity index (χ3n) is 6.98. The standard InChI is InChI=1S/C30H35NO8S/c1-16-17(2)26-24(18(3)25(16)34)21(32)13-30(7,39-26)15-37-20-10-8-19(9-11-20)12-22-27(35)31(28(36)40-22)14-23(33)38-29(4,5)6/h8-11,22,34H,12-15H2,1-7H3. The Hall–Kier alpha value is -3.53. The molecule has 2 aromatic rings. The first-order valence-corrected chi connectivity index (χ1v) is 14.0. The average Bonchev–Trinajstić information content (AvgIpc) is 3.11. The van der Waals surface area contributed by atoms with Crippen LogP contribution >= 0.6 is 11.8 Å². The van der Waals surface area contributed by atoms with Crippen molar-refractivity contribution in [3.63, 3.8) is 0 Å². The molecule has 0 bridgehead atoms. The summed E-state index contributed by atoms with van der Waals surface area (Å²) in [5.74, 6) is 0.0200. The van der Waals surface area contributed by atoms with Crippen LogP contribution in [0.1, 0.15) is 66.7 Å². The number of carbonyl (C=O) groups is 4. The number of esters is 1. The number of phenolic OH excluding ortho intramolecular Hbond substituents is 1. The quantitative estimate of drug-likeness (QED) is 0.456. The minimum atomic E-state index is -0.895. The largest absolute Gasteiger partial charge is 0.507 e. The SMILES string of the molecule is Cc1c(C)c2c(c(C)c1O)C(=O)CC(C)(COc1ccc(CC3SC(=O)N(CC(=O)OC(C)(C)C)C3=O)cc1)O2. The van der Waals surface area contributed by atoms with Crippen LogP contribution in [0.5, 0.6) is 17.2 Å². The molecular formula is C30H35NO8S. The fourth-order valence-corrected chi connectivity index (χ4v) is 5.83. The normalized spacial score (nSPS) is 20.8. The van der Waals surface area contributed by atoms with Crippen molar-refractivity contribution in [1.82, 2.24) is 4.90 Å². The molecule has 2 aliphatic rings. The molecule has 0 aliphatic carbocycles. The Morgan fingerprint density at radius 3 is 2.38 bits per heavy atom. The summed E-state index contributed by atoms with van der Waals surface area (Å²) < 4.78 is 17.5. The lowest BCUT2D eigenvalue weighted by molar-refractivity contribution is -0.157. The van der Waals surface area contributed by atoms with Gasteiger partial charge in [-0.1, -0.05) is 23.9 Å². The van der Waals surface area contributed by atoms with Gasteiger partial charge in [0.15, 0.2) is 5.78 Å². The van der Waals surface area contributed by atoms with Crippen molar-refractivity contribution in [3.05, 3.63) is 52.1 Å². The van der Waals surface area contributed by atoms with Gasteiger partial charge in [0.25, 0.3) is 5.24 Å². The van der Waals surface area contributed by atoms with E-state index in [0.717, 1.165) is 27.8 Å². The fourth-order valence-electron chi connectivity index (χ4n) is 4.81. The maximum Gasteiger partial charge on any atom is 0.326 e. The fraction of sp³-hybridized carbons (Fsp3) is 0.467. The molecule has 1 N–H and O–H groups in total. The number of aromatic hydroxyl groups is 1.